The van der Waals surface area contributed by atoms with Gasteiger partial charge in [0.25, 0.3) is 8.32 Å². The third-order valence-corrected chi connectivity index (χ3v) is 13.0. The summed E-state index contributed by atoms with van der Waals surface area (Å²) in [5.74, 6) is 1.86. The van der Waals surface area contributed by atoms with Crippen molar-refractivity contribution in [2.45, 2.75) is 149 Å². The van der Waals surface area contributed by atoms with Crippen LogP contribution in [0.1, 0.15) is 126 Å². The Labute approximate surface area is 223 Å². The number of amides is 1. The van der Waals surface area contributed by atoms with Crippen molar-refractivity contribution in [1.82, 2.24) is 0 Å². The average molecular weight is 518 g/mol. The number of carbonyl (C=O) groups excluding carboxylic acids is 1. The predicted molar refractivity (Wildman–Crippen MR) is 157 cm³/mol. The molecule has 1 aliphatic rings. The summed E-state index contributed by atoms with van der Waals surface area (Å²) < 4.78 is 13.7. The van der Waals surface area contributed by atoms with Crippen molar-refractivity contribution in [2.24, 2.45) is 0 Å². The van der Waals surface area contributed by atoms with Crippen LogP contribution in [0.15, 0.2) is 18.2 Å². The number of ether oxygens (including phenoxy) is 1. The fraction of sp³-hybridized carbons (Fsp3) is 0.774. The van der Waals surface area contributed by atoms with E-state index in [9.17, 15) is 4.79 Å². The van der Waals surface area contributed by atoms with Gasteiger partial charge < -0.3 is 14.1 Å². The SMILES string of the molecule is CCCCC(CCCC)(CCCC)[Si](C)(CCCC)Oc1ccc(N2CCC2=O)c(OC(C)(C)C)c1. The van der Waals surface area contributed by atoms with Crippen molar-refractivity contribution in [3.63, 3.8) is 0 Å². The Bertz CT molecular complexity index is 797. The first-order chi connectivity index (χ1) is 17.0. The van der Waals surface area contributed by atoms with Gasteiger partial charge >= 0.3 is 0 Å². The van der Waals surface area contributed by atoms with Crippen molar-refractivity contribution >= 4 is 19.9 Å². The van der Waals surface area contributed by atoms with Crippen molar-refractivity contribution in [2.75, 3.05) is 11.4 Å². The Hall–Kier alpha value is -1.49. The molecule has 1 amide bonds. The number of rotatable bonds is 17. The van der Waals surface area contributed by atoms with Crippen LogP contribution in [-0.2, 0) is 4.79 Å². The highest BCUT2D eigenvalue weighted by molar-refractivity contribution is 6.76. The van der Waals surface area contributed by atoms with Gasteiger partial charge in [0.1, 0.15) is 17.1 Å². The Morgan fingerprint density at radius 2 is 1.44 bits per heavy atom. The largest absolute Gasteiger partial charge is 0.543 e. The van der Waals surface area contributed by atoms with Crippen LogP contribution in [0.2, 0.25) is 17.6 Å². The fourth-order valence-electron chi connectivity index (χ4n) is 5.67. The molecule has 1 aliphatic heterocycles. The van der Waals surface area contributed by atoms with Gasteiger partial charge in [-0.1, -0.05) is 79.1 Å². The molecule has 1 saturated heterocycles. The third kappa shape index (κ3) is 8.00. The van der Waals surface area contributed by atoms with Gasteiger partial charge in [0.15, 0.2) is 0 Å². The molecule has 36 heavy (non-hydrogen) atoms. The van der Waals surface area contributed by atoms with Gasteiger partial charge in [-0.15, -0.1) is 0 Å². The maximum atomic E-state index is 12.3. The van der Waals surface area contributed by atoms with Crippen LogP contribution >= 0.6 is 0 Å². The average Bonchev–Trinajstić information content (AvgIpc) is 2.82. The normalized spacial score (nSPS) is 16.0. The lowest BCUT2D eigenvalue weighted by Gasteiger charge is -2.48. The quantitative estimate of drug-likeness (QED) is 0.152. The minimum Gasteiger partial charge on any atom is -0.543 e. The van der Waals surface area contributed by atoms with Gasteiger partial charge in [0.2, 0.25) is 5.91 Å². The van der Waals surface area contributed by atoms with Crippen LogP contribution in [0.3, 0.4) is 0 Å². The van der Waals surface area contributed by atoms with Crippen molar-refractivity contribution in [3.8, 4) is 11.5 Å². The number of nitrogens with zero attached hydrogens (tertiary/aromatic N) is 1. The molecule has 4 nitrogen and oxygen atoms in total. The minimum absolute atomic E-state index is 0.169. The molecule has 206 valence electrons. The molecule has 0 aliphatic carbocycles. The second-order valence-corrected chi connectivity index (χ2v) is 16.4. The number of anilines is 1. The summed E-state index contributed by atoms with van der Waals surface area (Å²) >= 11 is 0. The van der Waals surface area contributed by atoms with E-state index >= 15 is 0 Å². The first kappa shape index (κ1) is 30.7. The molecule has 0 radical (unpaired) electrons. The molecule has 1 atom stereocenters. The van der Waals surface area contributed by atoms with E-state index < -0.39 is 8.32 Å². The lowest BCUT2D eigenvalue weighted by molar-refractivity contribution is -0.122. The molecule has 5 heteroatoms. The van der Waals surface area contributed by atoms with Gasteiger partial charge in [-0.05, 0) is 64.8 Å². The molecule has 0 N–H and O–H groups in total. The van der Waals surface area contributed by atoms with Crippen LogP contribution in [0, 0.1) is 0 Å². The lowest BCUT2D eigenvalue weighted by atomic mass is 9.89. The first-order valence-electron chi connectivity index (χ1n) is 14.9. The molecule has 1 aromatic rings. The zero-order valence-corrected chi connectivity index (χ0v) is 25.8. The highest BCUT2D eigenvalue weighted by Gasteiger charge is 2.51. The smallest absolute Gasteiger partial charge is 0.254 e. The van der Waals surface area contributed by atoms with Crippen LogP contribution in [0.4, 0.5) is 5.69 Å². The van der Waals surface area contributed by atoms with Gasteiger partial charge in [0, 0.05) is 24.1 Å². The van der Waals surface area contributed by atoms with Crippen molar-refractivity contribution in [1.29, 1.82) is 0 Å². The number of hydrogen-bond donors (Lipinski definition) is 0. The molecule has 0 saturated carbocycles. The maximum Gasteiger partial charge on any atom is 0.254 e. The summed E-state index contributed by atoms with van der Waals surface area (Å²) in [5.41, 5.74) is 0.525. The standard InChI is InChI=1S/C31H55NO3Si/c1-9-13-20-31(21-14-10-2,22-15-11-3)36(8,24-16-12-4)35-26-17-18-27(32-23-19-29(32)33)28(25-26)34-30(5,6)7/h17-18,25H,9-16,19-24H2,1-8H3. The molecular weight excluding hydrogens is 462 g/mol. The van der Waals surface area contributed by atoms with Crippen LogP contribution in [0.5, 0.6) is 11.5 Å². The van der Waals surface area contributed by atoms with Crippen LogP contribution in [-0.4, -0.2) is 26.4 Å². The number of unbranched alkanes of at least 4 members (excludes halogenated alkanes) is 4. The predicted octanol–water partition coefficient (Wildman–Crippen LogP) is 9.67. The van der Waals surface area contributed by atoms with E-state index in [2.05, 4.69) is 67.1 Å². The number of benzene rings is 1. The van der Waals surface area contributed by atoms with E-state index in [0.29, 0.717) is 11.5 Å². The van der Waals surface area contributed by atoms with Crippen LogP contribution < -0.4 is 14.1 Å². The second kappa shape index (κ2) is 13.9. The molecule has 2 rings (SSSR count). The summed E-state index contributed by atoms with van der Waals surface area (Å²) in [6.07, 6.45) is 14.4. The van der Waals surface area contributed by atoms with Gasteiger partial charge in [-0.25, -0.2) is 0 Å². The maximum absolute atomic E-state index is 12.3. The Morgan fingerprint density at radius 3 is 1.86 bits per heavy atom. The first-order valence-corrected chi connectivity index (χ1v) is 17.5. The van der Waals surface area contributed by atoms with Crippen LogP contribution in [0.25, 0.3) is 0 Å². The summed E-state index contributed by atoms with van der Waals surface area (Å²) in [7, 11) is -2.17. The highest BCUT2D eigenvalue weighted by Crippen LogP contribution is 2.54. The summed E-state index contributed by atoms with van der Waals surface area (Å²) in [5, 5.41) is 0.293. The van der Waals surface area contributed by atoms with E-state index in [1.54, 1.807) is 0 Å². The van der Waals surface area contributed by atoms with E-state index in [4.69, 9.17) is 9.16 Å². The molecule has 1 aromatic carbocycles. The number of β-lactam (4-membered cyclic amide) rings is 1. The molecule has 1 unspecified atom stereocenters. The molecule has 0 spiro atoms. The van der Waals surface area contributed by atoms with E-state index in [1.807, 2.05) is 11.0 Å². The van der Waals surface area contributed by atoms with E-state index in [1.165, 1.54) is 76.7 Å². The minimum atomic E-state index is -2.17. The Morgan fingerprint density at radius 1 is 0.889 bits per heavy atom. The molecule has 1 fully saturated rings. The summed E-state index contributed by atoms with van der Waals surface area (Å²) in [6.45, 7) is 18.7. The highest BCUT2D eigenvalue weighted by atomic mass is 28.4. The number of hydrogen-bond acceptors (Lipinski definition) is 3. The zero-order chi connectivity index (χ0) is 26.8. The topological polar surface area (TPSA) is 38.8 Å². The molecule has 0 bridgehead atoms. The zero-order valence-electron chi connectivity index (χ0n) is 24.8. The molecular formula is C31H55NO3Si. The Balaban J connectivity index is 2.53. The molecule has 1 heterocycles. The van der Waals surface area contributed by atoms with Crippen molar-refractivity contribution in [3.05, 3.63) is 18.2 Å². The summed E-state index contributed by atoms with van der Waals surface area (Å²) in [4.78, 5) is 14.1. The van der Waals surface area contributed by atoms with Gasteiger partial charge in [-0.3, -0.25) is 4.79 Å². The van der Waals surface area contributed by atoms with E-state index in [0.717, 1.165) is 23.7 Å². The van der Waals surface area contributed by atoms with E-state index in [-0.39, 0.29) is 11.5 Å². The third-order valence-electron chi connectivity index (χ3n) is 7.99. The molecule has 0 aromatic heterocycles. The fourth-order valence-corrected chi connectivity index (χ4v) is 10.3. The van der Waals surface area contributed by atoms with Gasteiger partial charge in [-0.2, -0.15) is 0 Å². The van der Waals surface area contributed by atoms with Gasteiger partial charge in [0.05, 0.1) is 5.69 Å². The Kier molecular flexibility index (Phi) is 11.8. The summed E-state index contributed by atoms with van der Waals surface area (Å²) in [6, 6.07) is 7.42. The number of carbonyl (C=O) groups is 1. The monoisotopic (exact) mass is 517 g/mol. The van der Waals surface area contributed by atoms with Crippen molar-refractivity contribution < 1.29 is 14.0 Å². The second-order valence-electron chi connectivity index (χ2n) is 12.2. The lowest BCUT2D eigenvalue weighted by Crippen LogP contribution is -2.51.